The number of rotatable bonds is 3. The topological polar surface area (TPSA) is 40.5 Å². The molecule has 0 amide bonds. The summed E-state index contributed by atoms with van der Waals surface area (Å²) in [6.45, 7) is 3.56. The molecule has 0 heterocycles. The Morgan fingerprint density at radius 2 is 1.77 bits per heavy atom. The molecule has 0 saturated carbocycles. The Morgan fingerprint density at radius 3 is 2.23 bits per heavy atom. The Kier molecular flexibility index (Phi) is 3.22. The van der Waals surface area contributed by atoms with Gasteiger partial charge in [-0.2, -0.15) is 0 Å². The minimum atomic E-state index is -0.650. The van der Waals surface area contributed by atoms with Gasteiger partial charge in [-0.05, 0) is 38.1 Å². The number of hydrogen-bond acceptors (Lipinski definition) is 3. The van der Waals surface area contributed by atoms with Gasteiger partial charge in [-0.25, -0.2) is 0 Å². The number of aliphatic hydroxyl groups is 1. The maximum absolute atomic E-state index is 9.46. The van der Waals surface area contributed by atoms with E-state index in [2.05, 4.69) is 0 Å². The molecule has 1 aromatic carbocycles. The molecule has 0 aliphatic carbocycles. The van der Waals surface area contributed by atoms with E-state index >= 15 is 0 Å². The summed E-state index contributed by atoms with van der Waals surface area (Å²) in [7, 11) is 0. The predicted octanol–water partition coefficient (Wildman–Crippen LogP) is 2.26. The Balaban J connectivity index is 2.51. The second-order valence-electron chi connectivity index (χ2n) is 3.60. The van der Waals surface area contributed by atoms with Gasteiger partial charge in [-0.15, -0.1) is 11.8 Å². The fourth-order valence-corrected chi connectivity index (χ4v) is 1.65. The zero-order valence-corrected chi connectivity index (χ0v) is 8.64. The fourth-order valence-electron chi connectivity index (χ4n) is 0.802. The monoisotopic (exact) mass is 198 g/mol. The Hall–Kier alpha value is -0.670. The van der Waals surface area contributed by atoms with Crippen molar-refractivity contribution in [3.63, 3.8) is 0 Å². The average molecular weight is 198 g/mol. The number of thioether (sulfide) groups is 1. The molecular weight excluding hydrogens is 184 g/mol. The van der Waals surface area contributed by atoms with Crippen LogP contribution in [0.1, 0.15) is 13.8 Å². The van der Waals surface area contributed by atoms with E-state index in [4.69, 9.17) is 5.11 Å². The van der Waals surface area contributed by atoms with Gasteiger partial charge in [-0.1, -0.05) is 0 Å². The molecule has 0 radical (unpaired) electrons. The van der Waals surface area contributed by atoms with Gasteiger partial charge in [0.2, 0.25) is 0 Å². The minimum Gasteiger partial charge on any atom is -0.508 e. The van der Waals surface area contributed by atoms with Crippen LogP contribution in [-0.2, 0) is 0 Å². The van der Waals surface area contributed by atoms with Crippen molar-refractivity contribution in [1.29, 1.82) is 0 Å². The first-order valence-electron chi connectivity index (χ1n) is 4.11. The third-order valence-electron chi connectivity index (χ3n) is 1.43. The van der Waals surface area contributed by atoms with Gasteiger partial charge < -0.3 is 10.2 Å². The normalized spacial score (nSPS) is 11.6. The van der Waals surface area contributed by atoms with Crippen LogP contribution in [0.3, 0.4) is 0 Å². The quantitative estimate of drug-likeness (QED) is 0.732. The van der Waals surface area contributed by atoms with Gasteiger partial charge in [0.1, 0.15) is 5.75 Å². The highest BCUT2D eigenvalue weighted by Gasteiger charge is 2.12. The number of aromatic hydroxyl groups is 1. The van der Waals surface area contributed by atoms with E-state index in [1.54, 1.807) is 37.7 Å². The molecule has 0 spiro atoms. The Bertz CT molecular complexity index is 261. The Morgan fingerprint density at radius 1 is 1.23 bits per heavy atom. The van der Waals surface area contributed by atoms with Gasteiger partial charge >= 0.3 is 0 Å². The molecule has 0 atom stereocenters. The van der Waals surface area contributed by atoms with Crippen LogP contribution in [0.4, 0.5) is 0 Å². The van der Waals surface area contributed by atoms with Crippen molar-refractivity contribution in [3.05, 3.63) is 24.3 Å². The number of phenolic OH excluding ortho intramolecular Hbond substituents is 1. The summed E-state index contributed by atoms with van der Waals surface area (Å²) in [6.07, 6.45) is 0. The highest BCUT2D eigenvalue weighted by molar-refractivity contribution is 7.99. The molecule has 0 aliphatic heterocycles. The molecule has 72 valence electrons. The van der Waals surface area contributed by atoms with Gasteiger partial charge in [0.25, 0.3) is 0 Å². The molecule has 13 heavy (non-hydrogen) atoms. The first-order chi connectivity index (χ1) is 5.97. The zero-order valence-electron chi connectivity index (χ0n) is 7.82. The van der Waals surface area contributed by atoms with E-state index in [1.165, 1.54) is 0 Å². The number of phenols is 1. The van der Waals surface area contributed by atoms with Gasteiger partial charge in [0.05, 0.1) is 5.60 Å². The summed E-state index contributed by atoms with van der Waals surface area (Å²) < 4.78 is 0. The van der Waals surface area contributed by atoms with Gasteiger partial charge in [0, 0.05) is 10.6 Å². The summed E-state index contributed by atoms with van der Waals surface area (Å²) in [6, 6.07) is 6.97. The molecule has 0 aromatic heterocycles. The maximum Gasteiger partial charge on any atom is 0.115 e. The SMILES string of the molecule is CC(C)(O)CSc1ccc(O)cc1. The average Bonchev–Trinajstić information content (AvgIpc) is 2.02. The number of hydrogen-bond donors (Lipinski definition) is 2. The molecule has 0 aliphatic rings. The van der Waals surface area contributed by atoms with Crippen molar-refractivity contribution in [2.75, 3.05) is 5.75 Å². The summed E-state index contributed by atoms with van der Waals surface area (Å²) in [5.74, 6) is 0.922. The predicted molar refractivity (Wildman–Crippen MR) is 55.1 cm³/mol. The molecule has 2 N–H and O–H groups in total. The molecule has 0 unspecified atom stereocenters. The molecule has 0 bridgehead atoms. The zero-order chi connectivity index (χ0) is 9.90. The first-order valence-corrected chi connectivity index (χ1v) is 5.10. The van der Waals surface area contributed by atoms with Crippen LogP contribution in [0.25, 0.3) is 0 Å². The maximum atomic E-state index is 9.46. The van der Waals surface area contributed by atoms with Crippen molar-refractivity contribution in [3.8, 4) is 5.75 Å². The van der Waals surface area contributed by atoms with Gasteiger partial charge in [0.15, 0.2) is 0 Å². The third kappa shape index (κ3) is 4.20. The summed E-state index contributed by atoms with van der Waals surface area (Å²) >= 11 is 1.57. The molecule has 1 aromatic rings. The smallest absolute Gasteiger partial charge is 0.115 e. The molecule has 0 saturated heterocycles. The van der Waals surface area contributed by atoms with E-state index < -0.39 is 5.60 Å². The lowest BCUT2D eigenvalue weighted by Crippen LogP contribution is -2.21. The lowest BCUT2D eigenvalue weighted by Gasteiger charge is -2.15. The summed E-state index contributed by atoms with van der Waals surface area (Å²) in [4.78, 5) is 1.06. The Labute approximate surface area is 82.6 Å². The standard InChI is InChI=1S/C10H14O2S/c1-10(2,12)7-13-9-5-3-8(11)4-6-9/h3-6,11-12H,7H2,1-2H3. The van der Waals surface area contributed by atoms with Crippen LogP contribution >= 0.6 is 11.8 Å². The van der Waals surface area contributed by atoms with Crippen LogP contribution in [0.5, 0.6) is 5.75 Å². The summed E-state index contributed by atoms with van der Waals surface area (Å²) in [5.41, 5.74) is -0.650. The van der Waals surface area contributed by atoms with Crippen molar-refractivity contribution >= 4 is 11.8 Å². The van der Waals surface area contributed by atoms with Crippen molar-refractivity contribution < 1.29 is 10.2 Å². The van der Waals surface area contributed by atoms with E-state index in [1.807, 2.05) is 12.1 Å². The van der Waals surface area contributed by atoms with E-state index in [9.17, 15) is 5.11 Å². The third-order valence-corrected chi connectivity index (χ3v) is 2.89. The van der Waals surface area contributed by atoms with Crippen molar-refractivity contribution in [2.45, 2.75) is 24.3 Å². The minimum absolute atomic E-state index is 0.271. The van der Waals surface area contributed by atoms with E-state index in [-0.39, 0.29) is 5.75 Å². The largest absolute Gasteiger partial charge is 0.508 e. The molecule has 1 rings (SSSR count). The molecule has 2 nitrogen and oxygen atoms in total. The highest BCUT2D eigenvalue weighted by Crippen LogP contribution is 2.23. The van der Waals surface area contributed by atoms with Crippen LogP contribution in [0, 0.1) is 0 Å². The van der Waals surface area contributed by atoms with Crippen LogP contribution in [0.15, 0.2) is 29.2 Å². The van der Waals surface area contributed by atoms with E-state index in [0.717, 1.165) is 4.90 Å². The lowest BCUT2D eigenvalue weighted by atomic mass is 10.2. The highest BCUT2D eigenvalue weighted by atomic mass is 32.2. The molecular formula is C10H14O2S. The fraction of sp³-hybridized carbons (Fsp3) is 0.400. The lowest BCUT2D eigenvalue weighted by molar-refractivity contribution is 0.107. The second-order valence-corrected chi connectivity index (χ2v) is 4.64. The van der Waals surface area contributed by atoms with E-state index in [0.29, 0.717) is 5.75 Å². The van der Waals surface area contributed by atoms with Crippen molar-refractivity contribution in [1.82, 2.24) is 0 Å². The molecule has 3 heteroatoms. The van der Waals surface area contributed by atoms with Crippen LogP contribution < -0.4 is 0 Å². The van der Waals surface area contributed by atoms with Crippen molar-refractivity contribution in [2.24, 2.45) is 0 Å². The number of benzene rings is 1. The van der Waals surface area contributed by atoms with Crippen LogP contribution in [-0.4, -0.2) is 21.6 Å². The van der Waals surface area contributed by atoms with Crippen LogP contribution in [0.2, 0.25) is 0 Å². The molecule has 0 fully saturated rings. The second kappa shape index (κ2) is 4.03. The summed E-state index contributed by atoms with van der Waals surface area (Å²) in [5, 5.41) is 18.5. The van der Waals surface area contributed by atoms with Gasteiger partial charge in [-0.3, -0.25) is 0 Å². The first kappa shape index (κ1) is 10.4.